The second-order valence-corrected chi connectivity index (χ2v) is 7.33. The van der Waals surface area contributed by atoms with Crippen molar-refractivity contribution in [2.24, 2.45) is 0 Å². The molecule has 0 aromatic carbocycles. The van der Waals surface area contributed by atoms with Gasteiger partial charge in [-0.3, -0.25) is 0 Å². The molecule has 7 heteroatoms. The summed E-state index contributed by atoms with van der Waals surface area (Å²) in [6, 6.07) is 6.04. The second kappa shape index (κ2) is 7.26. The van der Waals surface area contributed by atoms with Gasteiger partial charge in [-0.2, -0.15) is 5.26 Å². The number of hydrogen-bond acceptors (Lipinski definition) is 6. The van der Waals surface area contributed by atoms with E-state index < -0.39 is 0 Å². The molecule has 1 fully saturated rings. The molecule has 6 nitrogen and oxygen atoms in total. The molecule has 1 aliphatic heterocycles. The van der Waals surface area contributed by atoms with E-state index in [1.807, 2.05) is 37.0 Å². The zero-order valence-electron chi connectivity index (χ0n) is 14.7. The lowest BCUT2D eigenvalue weighted by Crippen LogP contribution is -2.36. The third kappa shape index (κ3) is 3.33. The first-order valence-electron chi connectivity index (χ1n) is 8.75. The summed E-state index contributed by atoms with van der Waals surface area (Å²) < 4.78 is 2.19. The first-order valence-corrected chi connectivity index (χ1v) is 9.69. The number of hydrogen-bond donors (Lipinski definition) is 0. The highest BCUT2D eigenvalue weighted by Gasteiger charge is 2.27. The molecule has 0 saturated carbocycles. The Morgan fingerprint density at radius 3 is 3.08 bits per heavy atom. The third-order valence-corrected chi connectivity index (χ3v) is 5.42. The summed E-state index contributed by atoms with van der Waals surface area (Å²) in [5.74, 6) is 2.22. The number of thiazole rings is 1. The van der Waals surface area contributed by atoms with Crippen LogP contribution < -0.4 is 4.90 Å². The fraction of sp³-hybridized carbons (Fsp3) is 0.368. The van der Waals surface area contributed by atoms with Crippen LogP contribution in [0, 0.1) is 18.3 Å². The summed E-state index contributed by atoms with van der Waals surface area (Å²) in [5.41, 5.74) is 4.50. The van der Waals surface area contributed by atoms with E-state index in [1.165, 1.54) is 0 Å². The van der Waals surface area contributed by atoms with E-state index >= 15 is 0 Å². The summed E-state index contributed by atoms with van der Waals surface area (Å²) in [6.45, 7) is 4.47. The number of nitrogens with zero attached hydrogens (tertiary/aromatic N) is 6. The van der Waals surface area contributed by atoms with Gasteiger partial charge in [-0.25, -0.2) is 15.0 Å². The van der Waals surface area contributed by atoms with E-state index in [-0.39, 0.29) is 0 Å². The smallest absolute Gasteiger partial charge is 0.146 e. The summed E-state index contributed by atoms with van der Waals surface area (Å²) in [4.78, 5) is 15.9. The molecule has 3 aromatic heterocycles. The van der Waals surface area contributed by atoms with Gasteiger partial charge in [-0.1, -0.05) is 0 Å². The minimum Gasteiger partial charge on any atom is -0.355 e. The quantitative estimate of drug-likeness (QED) is 0.710. The molecular formula is C19H20N6S. The van der Waals surface area contributed by atoms with Crippen LogP contribution in [0.5, 0.6) is 0 Å². The highest BCUT2D eigenvalue weighted by Crippen LogP contribution is 2.30. The number of pyridine rings is 1. The van der Waals surface area contributed by atoms with Gasteiger partial charge in [0, 0.05) is 42.5 Å². The molecule has 1 atom stereocenters. The van der Waals surface area contributed by atoms with Crippen LogP contribution in [0.4, 0.5) is 5.82 Å². The number of nitriles is 1. The van der Waals surface area contributed by atoms with Crippen LogP contribution in [0.2, 0.25) is 0 Å². The molecule has 1 saturated heterocycles. The minimum atomic E-state index is 0.325. The Balaban J connectivity index is 1.58. The average molecular weight is 364 g/mol. The molecule has 4 rings (SSSR count). The van der Waals surface area contributed by atoms with Crippen molar-refractivity contribution in [3.05, 3.63) is 58.2 Å². The van der Waals surface area contributed by atoms with E-state index in [9.17, 15) is 5.26 Å². The Hall–Kier alpha value is -2.72. The Kier molecular flexibility index (Phi) is 4.67. The van der Waals surface area contributed by atoms with Crippen LogP contribution in [-0.2, 0) is 6.54 Å². The molecule has 1 aliphatic rings. The molecule has 26 heavy (non-hydrogen) atoms. The predicted molar refractivity (Wildman–Crippen MR) is 101 cm³/mol. The standard InChI is InChI=1S/C19H20N6S/c1-14-4-5-15(9-20)19(23-14)24-7-2-3-16(10-24)18-21-6-8-25(18)11-17-12-26-13-22-17/h4-6,8,12-13,16H,2-3,7,10-11H2,1H3/t16-/m1/s1. The van der Waals surface area contributed by atoms with Gasteiger partial charge >= 0.3 is 0 Å². The zero-order valence-corrected chi connectivity index (χ0v) is 15.5. The molecule has 0 aliphatic carbocycles. The molecule has 0 unspecified atom stereocenters. The Bertz CT molecular complexity index is 924. The maximum absolute atomic E-state index is 9.44. The molecule has 0 radical (unpaired) electrons. The minimum absolute atomic E-state index is 0.325. The van der Waals surface area contributed by atoms with Crippen LogP contribution in [0.15, 0.2) is 35.4 Å². The van der Waals surface area contributed by atoms with Gasteiger partial charge in [0.25, 0.3) is 0 Å². The lowest BCUT2D eigenvalue weighted by molar-refractivity contribution is 0.473. The van der Waals surface area contributed by atoms with Crippen molar-refractivity contribution in [1.82, 2.24) is 19.5 Å². The van der Waals surface area contributed by atoms with E-state index in [1.54, 1.807) is 11.3 Å². The average Bonchev–Trinajstić information content (AvgIpc) is 3.34. The van der Waals surface area contributed by atoms with E-state index in [0.29, 0.717) is 11.5 Å². The van der Waals surface area contributed by atoms with E-state index in [0.717, 1.165) is 55.5 Å². The van der Waals surface area contributed by atoms with Crippen LogP contribution in [0.1, 0.15) is 41.5 Å². The number of piperidine rings is 1. The first-order chi connectivity index (χ1) is 12.7. The molecule has 0 spiro atoms. The summed E-state index contributed by atoms with van der Waals surface area (Å²) in [7, 11) is 0. The Morgan fingerprint density at radius 1 is 1.35 bits per heavy atom. The van der Waals surface area contributed by atoms with Gasteiger partial charge in [-0.05, 0) is 31.9 Å². The lowest BCUT2D eigenvalue weighted by atomic mass is 9.96. The van der Waals surface area contributed by atoms with Crippen molar-refractivity contribution in [2.75, 3.05) is 18.0 Å². The van der Waals surface area contributed by atoms with Crippen molar-refractivity contribution < 1.29 is 0 Å². The molecule has 0 amide bonds. The molecular weight excluding hydrogens is 344 g/mol. The highest BCUT2D eigenvalue weighted by atomic mass is 32.1. The van der Waals surface area contributed by atoms with Crippen LogP contribution >= 0.6 is 11.3 Å². The van der Waals surface area contributed by atoms with Gasteiger partial charge in [-0.15, -0.1) is 11.3 Å². The highest BCUT2D eigenvalue weighted by molar-refractivity contribution is 7.07. The summed E-state index contributed by atoms with van der Waals surface area (Å²) in [5, 5.41) is 11.5. The normalized spacial score (nSPS) is 17.2. The van der Waals surface area contributed by atoms with Crippen LogP contribution in [0.3, 0.4) is 0 Å². The first kappa shape index (κ1) is 16.7. The number of aromatic nitrogens is 4. The van der Waals surface area contributed by atoms with E-state index in [4.69, 9.17) is 0 Å². The number of aryl methyl sites for hydroxylation is 1. The van der Waals surface area contributed by atoms with Gasteiger partial charge < -0.3 is 9.47 Å². The SMILES string of the molecule is Cc1ccc(C#N)c(N2CCC[C@@H](c3nccn3Cc3cscn3)C2)n1. The Morgan fingerprint density at radius 2 is 2.27 bits per heavy atom. The fourth-order valence-electron chi connectivity index (χ4n) is 3.56. The topological polar surface area (TPSA) is 70.6 Å². The molecule has 3 aromatic rings. The van der Waals surface area contributed by atoms with Crippen LogP contribution in [0.25, 0.3) is 0 Å². The van der Waals surface area contributed by atoms with Gasteiger partial charge in [0.15, 0.2) is 0 Å². The monoisotopic (exact) mass is 364 g/mol. The number of rotatable bonds is 4. The Labute approximate surface area is 156 Å². The van der Waals surface area contributed by atoms with Gasteiger partial charge in [0.05, 0.1) is 23.3 Å². The second-order valence-electron chi connectivity index (χ2n) is 6.61. The maximum atomic E-state index is 9.44. The van der Waals surface area contributed by atoms with Gasteiger partial charge in [0.2, 0.25) is 0 Å². The molecule has 0 bridgehead atoms. The molecule has 4 heterocycles. The lowest BCUT2D eigenvalue weighted by Gasteiger charge is -2.34. The van der Waals surface area contributed by atoms with Gasteiger partial charge in [0.1, 0.15) is 17.7 Å². The summed E-state index contributed by atoms with van der Waals surface area (Å²) in [6.07, 6.45) is 6.05. The van der Waals surface area contributed by atoms with Crippen molar-refractivity contribution >= 4 is 17.2 Å². The maximum Gasteiger partial charge on any atom is 0.146 e. The molecule has 0 N–H and O–H groups in total. The number of anilines is 1. The van der Waals surface area contributed by atoms with E-state index in [2.05, 4.69) is 35.9 Å². The number of imidazole rings is 1. The van der Waals surface area contributed by atoms with Crippen molar-refractivity contribution in [1.29, 1.82) is 5.26 Å². The molecule has 132 valence electrons. The van der Waals surface area contributed by atoms with Crippen molar-refractivity contribution in [3.8, 4) is 6.07 Å². The zero-order chi connectivity index (χ0) is 17.9. The third-order valence-electron chi connectivity index (χ3n) is 4.78. The summed E-state index contributed by atoms with van der Waals surface area (Å²) >= 11 is 1.61. The van der Waals surface area contributed by atoms with Crippen LogP contribution in [-0.4, -0.2) is 32.6 Å². The largest absolute Gasteiger partial charge is 0.355 e. The van der Waals surface area contributed by atoms with Crippen molar-refractivity contribution in [3.63, 3.8) is 0 Å². The fourth-order valence-corrected chi connectivity index (χ4v) is 4.11. The van der Waals surface area contributed by atoms with Crippen molar-refractivity contribution in [2.45, 2.75) is 32.2 Å². The predicted octanol–water partition coefficient (Wildman–Crippen LogP) is 3.35.